The molecule has 0 atom stereocenters. The van der Waals surface area contributed by atoms with E-state index in [1.165, 1.54) is 0 Å². The van der Waals surface area contributed by atoms with Crippen molar-refractivity contribution in [3.8, 4) is 0 Å². The molecule has 1 aliphatic rings. The van der Waals surface area contributed by atoms with Crippen LogP contribution in [0.25, 0.3) is 0 Å². The van der Waals surface area contributed by atoms with Gasteiger partial charge in [0.05, 0.1) is 6.54 Å². The van der Waals surface area contributed by atoms with Crippen molar-refractivity contribution >= 4 is 17.3 Å². The molecule has 0 radical (unpaired) electrons. The van der Waals surface area contributed by atoms with Gasteiger partial charge < -0.3 is 16.0 Å². The Morgan fingerprint density at radius 2 is 2.25 bits per heavy atom. The number of rotatable bonds is 1. The van der Waals surface area contributed by atoms with Gasteiger partial charge in [-0.3, -0.25) is 4.79 Å². The number of aryl methyl sites for hydroxylation is 1. The summed E-state index contributed by atoms with van der Waals surface area (Å²) in [5.41, 5.74) is 8.70. The molecule has 4 heteroatoms. The monoisotopic (exact) mass is 219 g/mol. The second kappa shape index (κ2) is 4.43. The fraction of sp³-hybridized carbons (Fsp3) is 0.417. The maximum Gasteiger partial charge on any atom is 0.239 e. The van der Waals surface area contributed by atoms with Gasteiger partial charge in [0, 0.05) is 24.5 Å². The van der Waals surface area contributed by atoms with Gasteiger partial charge in [-0.1, -0.05) is 0 Å². The lowest BCUT2D eigenvalue weighted by atomic mass is 10.1. The number of benzene rings is 1. The molecule has 1 heterocycles. The summed E-state index contributed by atoms with van der Waals surface area (Å²) in [6.45, 7) is 4.09. The average Bonchev–Trinajstić information content (AvgIpc) is 2.47. The minimum atomic E-state index is 0.0898. The largest absolute Gasteiger partial charge is 0.399 e. The Bertz CT molecular complexity index is 403. The maximum atomic E-state index is 11.4. The summed E-state index contributed by atoms with van der Waals surface area (Å²) in [6.07, 6.45) is 0.981. The Hall–Kier alpha value is -1.71. The first-order valence-corrected chi connectivity index (χ1v) is 5.54. The second-order valence-electron chi connectivity index (χ2n) is 4.17. The summed E-state index contributed by atoms with van der Waals surface area (Å²) in [6, 6.07) is 5.91. The molecule has 0 saturated carbocycles. The molecule has 1 amide bonds. The van der Waals surface area contributed by atoms with Crippen molar-refractivity contribution < 1.29 is 4.79 Å². The van der Waals surface area contributed by atoms with Crippen LogP contribution in [0, 0.1) is 6.92 Å². The lowest BCUT2D eigenvalue weighted by molar-refractivity contribution is -0.119. The van der Waals surface area contributed by atoms with Crippen LogP contribution in [0.2, 0.25) is 0 Å². The Kier molecular flexibility index (Phi) is 2.99. The minimum absolute atomic E-state index is 0.0898. The zero-order valence-corrected chi connectivity index (χ0v) is 9.49. The van der Waals surface area contributed by atoms with E-state index in [1.807, 2.05) is 25.1 Å². The molecule has 86 valence electrons. The van der Waals surface area contributed by atoms with Gasteiger partial charge in [0.25, 0.3) is 0 Å². The number of nitrogens with two attached hydrogens (primary N) is 1. The first-order valence-electron chi connectivity index (χ1n) is 5.54. The summed E-state index contributed by atoms with van der Waals surface area (Å²) in [7, 11) is 0. The number of nitrogen functional groups attached to an aromatic ring is 1. The van der Waals surface area contributed by atoms with Crippen LogP contribution in [-0.4, -0.2) is 25.5 Å². The van der Waals surface area contributed by atoms with E-state index in [-0.39, 0.29) is 5.91 Å². The first-order chi connectivity index (χ1) is 7.66. The van der Waals surface area contributed by atoms with E-state index in [2.05, 4.69) is 10.2 Å². The molecule has 1 saturated heterocycles. The Balaban J connectivity index is 2.21. The van der Waals surface area contributed by atoms with E-state index in [1.54, 1.807) is 0 Å². The van der Waals surface area contributed by atoms with Crippen molar-refractivity contribution in [2.24, 2.45) is 0 Å². The van der Waals surface area contributed by atoms with Crippen LogP contribution >= 0.6 is 0 Å². The summed E-state index contributed by atoms with van der Waals surface area (Å²) in [5, 5.41) is 2.86. The summed E-state index contributed by atoms with van der Waals surface area (Å²) in [4.78, 5) is 13.5. The Morgan fingerprint density at radius 1 is 1.44 bits per heavy atom. The Labute approximate surface area is 95.4 Å². The zero-order valence-electron chi connectivity index (χ0n) is 9.49. The smallest absolute Gasteiger partial charge is 0.239 e. The highest BCUT2D eigenvalue weighted by atomic mass is 16.2. The minimum Gasteiger partial charge on any atom is -0.399 e. The third-order valence-electron chi connectivity index (χ3n) is 2.88. The normalized spacial score (nSPS) is 16.8. The van der Waals surface area contributed by atoms with Crippen LogP contribution in [0.4, 0.5) is 11.4 Å². The van der Waals surface area contributed by atoms with E-state index in [0.29, 0.717) is 6.54 Å². The van der Waals surface area contributed by atoms with Crippen molar-refractivity contribution in [3.05, 3.63) is 23.8 Å². The van der Waals surface area contributed by atoms with E-state index in [4.69, 9.17) is 5.73 Å². The van der Waals surface area contributed by atoms with Gasteiger partial charge in [0.15, 0.2) is 0 Å². The van der Waals surface area contributed by atoms with Crippen molar-refractivity contribution in [1.29, 1.82) is 0 Å². The van der Waals surface area contributed by atoms with Gasteiger partial charge in [0.2, 0.25) is 5.91 Å². The van der Waals surface area contributed by atoms with Crippen molar-refractivity contribution in [3.63, 3.8) is 0 Å². The third-order valence-corrected chi connectivity index (χ3v) is 2.88. The molecule has 1 fully saturated rings. The van der Waals surface area contributed by atoms with Crippen molar-refractivity contribution in [2.45, 2.75) is 13.3 Å². The molecule has 1 aromatic rings. The number of anilines is 2. The molecule has 0 bridgehead atoms. The molecule has 0 unspecified atom stereocenters. The van der Waals surface area contributed by atoms with Crippen LogP contribution in [-0.2, 0) is 4.79 Å². The molecule has 1 aliphatic heterocycles. The van der Waals surface area contributed by atoms with E-state index in [9.17, 15) is 4.79 Å². The lowest BCUT2D eigenvalue weighted by Crippen LogP contribution is -2.33. The van der Waals surface area contributed by atoms with Gasteiger partial charge >= 0.3 is 0 Å². The van der Waals surface area contributed by atoms with Gasteiger partial charge in [0.1, 0.15) is 0 Å². The third kappa shape index (κ3) is 2.27. The predicted molar refractivity (Wildman–Crippen MR) is 65.4 cm³/mol. The molecule has 16 heavy (non-hydrogen) atoms. The quantitative estimate of drug-likeness (QED) is 0.690. The standard InChI is InChI=1S/C12H17N3O/c1-9-7-10(3-4-11(9)13)15-6-2-5-14-12(16)8-15/h3-4,7H,2,5-6,8,13H2,1H3,(H,14,16). The fourth-order valence-corrected chi connectivity index (χ4v) is 1.88. The van der Waals surface area contributed by atoms with Crippen LogP contribution in [0.5, 0.6) is 0 Å². The van der Waals surface area contributed by atoms with E-state index < -0.39 is 0 Å². The van der Waals surface area contributed by atoms with Gasteiger partial charge in [-0.2, -0.15) is 0 Å². The molecule has 1 aromatic carbocycles. The fourth-order valence-electron chi connectivity index (χ4n) is 1.88. The summed E-state index contributed by atoms with van der Waals surface area (Å²) in [5.74, 6) is 0.0898. The lowest BCUT2D eigenvalue weighted by Gasteiger charge is -2.22. The topological polar surface area (TPSA) is 58.4 Å². The Morgan fingerprint density at radius 3 is 3.00 bits per heavy atom. The van der Waals surface area contributed by atoms with Crippen molar-refractivity contribution in [2.75, 3.05) is 30.3 Å². The first kappa shape index (κ1) is 10.8. The SMILES string of the molecule is Cc1cc(N2CCCNC(=O)C2)ccc1N. The number of nitrogens with zero attached hydrogens (tertiary/aromatic N) is 1. The maximum absolute atomic E-state index is 11.4. The molecule has 4 nitrogen and oxygen atoms in total. The molecule has 0 spiro atoms. The van der Waals surface area contributed by atoms with E-state index in [0.717, 1.165) is 36.4 Å². The van der Waals surface area contributed by atoms with Crippen molar-refractivity contribution in [1.82, 2.24) is 5.32 Å². The van der Waals surface area contributed by atoms with Gasteiger partial charge in [-0.25, -0.2) is 0 Å². The molecule has 0 aromatic heterocycles. The van der Waals surface area contributed by atoms with Crippen LogP contribution in [0.1, 0.15) is 12.0 Å². The number of carbonyl (C=O) groups excluding carboxylic acids is 1. The van der Waals surface area contributed by atoms with E-state index >= 15 is 0 Å². The van der Waals surface area contributed by atoms with Crippen LogP contribution in [0.3, 0.4) is 0 Å². The highest BCUT2D eigenvalue weighted by Gasteiger charge is 2.15. The molecule has 2 rings (SSSR count). The highest BCUT2D eigenvalue weighted by molar-refractivity contribution is 5.82. The summed E-state index contributed by atoms with van der Waals surface area (Å²) < 4.78 is 0. The van der Waals surface area contributed by atoms with Crippen LogP contribution in [0.15, 0.2) is 18.2 Å². The zero-order chi connectivity index (χ0) is 11.5. The highest BCUT2D eigenvalue weighted by Crippen LogP contribution is 2.21. The number of carbonyl (C=O) groups is 1. The van der Waals surface area contributed by atoms with Gasteiger partial charge in [-0.15, -0.1) is 0 Å². The number of hydrogen-bond donors (Lipinski definition) is 2. The molecule has 3 N–H and O–H groups in total. The second-order valence-corrected chi connectivity index (χ2v) is 4.17. The number of amides is 1. The molecule has 0 aliphatic carbocycles. The average molecular weight is 219 g/mol. The van der Waals surface area contributed by atoms with Gasteiger partial charge in [-0.05, 0) is 37.1 Å². The molecular weight excluding hydrogens is 202 g/mol. The predicted octanol–water partition coefficient (Wildman–Crippen LogP) is 0.904. The molecular formula is C12H17N3O. The van der Waals surface area contributed by atoms with Crippen LogP contribution < -0.4 is 16.0 Å². The number of nitrogens with one attached hydrogen (secondary N) is 1. The number of hydrogen-bond acceptors (Lipinski definition) is 3. The summed E-state index contributed by atoms with van der Waals surface area (Å²) >= 11 is 0.